The summed E-state index contributed by atoms with van der Waals surface area (Å²) in [5.74, 6) is 0.179. The molecule has 0 rings (SSSR count). The third kappa shape index (κ3) is 74.9. The lowest BCUT2D eigenvalue weighted by molar-refractivity contribution is -0.161. The summed E-state index contributed by atoms with van der Waals surface area (Å²) in [4.78, 5) is 73.0. The van der Waals surface area contributed by atoms with Crippen molar-refractivity contribution in [2.75, 3.05) is 39.6 Å². The van der Waals surface area contributed by atoms with Crippen molar-refractivity contribution in [2.45, 2.75) is 452 Å². The molecular formula is C83H162O17P2. The van der Waals surface area contributed by atoms with Crippen LogP contribution in [0.5, 0.6) is 0 Å². The highest BCUT2D eigenvalue weighted by molar-refractivity contribution is 7.47. The van der Waals surface area contributed by atoms with Gasteiger partial charge in [-0.2, -0.15) is 0 Å². The maximum absolute atomic E-state index is 13.1. The van der Waals surface area contributed by atoms with Gasteiger partial charge in [-0.1, -0.05) is 382 Å². The summed E-state index contributed by atoms with van der Waals surface area (Å²) in [6, 6.07) is 0. The van der Waals surface area contributed by atoms with Gasteiger partial charge in [0.2, 0.25) is 0 Å². The Bertz CT molecular complexity index is 1980. The van der Waals surface area contributed by atoms with Crippen LogP contribution in [-0.2, 0) is 65.4 Å². The highest BCUT2D eigenvalue weighted by Crippen LogP contribution is 2.45. The van der Waals surface area contributed by atoms with Gasteiger partial charge in [0.05, 0.1) is 26.4 Å². The first kappa shape index (κ1) is 100. The first-order valence-electron chi connectivity index (χ1n) is 42.9. The highest BCUT2D eigenvalue weighted by atomic mass is 31.2. The summed E-state index contributed by atoms with van der Waals surface area (Å²) in [6.45, 7) is 11.9. The number of hydrogen-bond acceptors (Lipinski definition) is 15. The van der Waals surface area contributed by atoms with E-state index in [0.717, 1.165) is 108 Å². The van der Waals surface area contributed by atoms with Gasteiger partial charge < -0.3 is 33.8 Å². The molecule has 0 spiro atoms. The molecule has 0 bridgehead atoms. The summed E-state index contributed by atoms with van der Waals surface area (Å²) in [6.07, 6.45) is 62.7. The number of aliphatic hydroxyl groups is 1. The second-order valence-corrected chi connectivity index (χ2v) is 34.0. The fourth-order valence-corrected chi connectivity index (χ4v) is 14.4. The molecule has 0 aliphatic rings. The summed E-state index contributed by atoms with van der Waals surface area (Å²) in [7, 11) is -9.92. The Balaban J connectivity index is 5.21. The normalized spacial score (nSPS) is 14.2. The summed E-state index contributed by atoms with van der Waals surface area (Å²) < 4.78 is 68.7. The Morgan fingerprint density at radius 3 is 0.745 bits per heavy atom. The quantitative estimate of drug-likeness (QED) is 0.0222. The van der Waals surface area contributed by atoms with Gasteiger partial charge in [0, 0.05) is 25.7 Å². The van der Waals surface area contributed by atoms with Crippen molar-refractivity contribution >= 4 is 39.5 Å². The van der Waals surface area contributed by atoms with Gasteiger partial charge in [0.15, 0.2) is 12.2 Å². The zero-order valence-electron chi connectivity index (χ0n) is 67.1. The average molecular weight is 1490 g/mol. The van der Waals surface area contributed by atoms with E-state index in [4.69, 9.17) is 37.0 Å². The first-order chi connectivity index (χ1) is 49.3. The molecule has 0 fully saturated rings. The van der Waals surface area contributed by atoms with E-state index in [1.807, 2.05) is 0 Å². The largest absolute Gasteiger partial charge is 0.472 e. The lowest BCUT2D eigenvalue weighted by Gasteiger charge is -2.21. The molecule has 3 unspecified atom stereocenters. The van der Waals surface area contributed by atoms with E-state index in [-0.39, 0.29) is 25.7 Å². The van der Waals surface area contributed by atoms with Crippen LogP contribution >= 0.6 is 15.6 Å². The molecule has 3 N–H and O–H groups in total. The number of ether oxygens (including phenoxy) is 4. The molecule has 0 aliphatic heterocycles. The van der Waals surface area contributed by atoms with Crippen molar-refractivity contribution in [2.24, 2.45) is 17.8 Å². The number of carbonyl (C=O) groups excluding carboxylic acids is 4. The smallest absolute Gasteiger partial charge is 0.462 e. The molecule has 0 heterocycles. The molecule has 0 amide bonds. The molecule has 0 saturated heterocycles. The van der Waals surface area contributed by atoms with Crippen molar-refractivity contribution in [1.82, 2.24) is 0 Å². The molecule has 102 heavy (non-hydrogen) atoms. The number of phosphoric acid groups is 2. The van der Waals surface area contributed by atoms with Gasteiger partial charge >= 0.3 is 39.5 Å². The molecule has 0 aromatic carbocycles. The summed E-state index contributed by atoms with van der Waals surface area (Å²) in [5, 5.41) is 10.6. The molecule has 19 heteroatoms. The van der Waals surface area contributed by atoms with Gasteiger partial charge in [-0.25, -0.2) is 9.13 Å². The van der Waals surface area contributed by atoms with Crippen LogP contribution in [0.3, 0.4) is 0 Å². The van der Waals surface area contributed by atoms with E-state index in [2.05, 4.69) is 48.5 Å². The van der Waals surface area contributed by atoms with Crippen molar-refractivity contribution in [1.29, 1.82) is 0 Å². The molecule has 0 radical (unpaired) electrons. The minimum atomic E-state index is -4.96. The SMILES string of the molecule is CCCCCCCCCCCCCCCCCCCCCCCCC(=O)O[C@H](COC(=O)CCCCCCCCCCCCCCCCC(C)CC)COP(=O)(O)OC[C@@H](O)COP(=O)(O)OC[C@@H](COC(=O)CCCCCCCCCC(C)C)OC(=O)CCCCCCCCCCCC(C)C. The predicted octanol–water partition coefficient (Wildman–Crippen LogP) is 24.9. The number of hydrogen-bond donors (Lipinski definition) is 3. The molecular weight excluding hydrogens is 1330 g/mol. The van der Waals surface area contributed by atoms with Gasteiger partial charge in [0.25, 0.3) is 0 Å². The summed E-state index contributed by atoms with van der Waals surface area (Å²) in [5.41, 5.74) is 0. The Kier molecular flexibility index (Phi) is 71.8. The minimum Gasteiger partial charge on any atom is -0.462 e. The molecule has 0 saturated carbocycles. The van der Waals surface area contributed by atoms with Gasteiger partial charge in [-0.15, -0.1) is 0 Å². The van der Waals surface area contributed by atoms with Gasteiger partial charge in [-0.05, 0) is 43.4 Å². The van der Waals surface area contributed by atoms with Crippen molar-refractivity contribution in [3.63, 3.8) is 0 Å². The Labute approximate surface area is 626 Å². The van der Waals surface area contributed by atoms with Crippen molar-refractivity contribution in [3.8, 4) is 0 Å². The number of carbonyl (C=O) groups is 4. The van der Waals surface area contributed by atoms with Crippen LogP contribution in [0.4, 0.5) is 0 Å². The second-order valence-electron chi connectivity index (χ2n) is 31.1. The van der Waals surface area contributed by atoms with Crippen LogP contribution in [0.25, 0.3) is 0 Å². The molecule has 17 nitrogen and oxygen atoms in total. The van der Waals surface area contributed by atoms with E-state index in [1.165, 1.54) is 238 Å². The topological polar surface area (TPSA) is 237 Å². The number of esters is 4. The Morgan fingerprint density at radius 2 is 0.500 bits per heavy atom. The minimum absolute atomic E-state index is 0.105. The molecule has 606 valence electrons. The maximum atomic E-state index is 13.1. The number of unbranched alkanes of at least 4 members (excludes halogenated alkanes) is 48. The monoisotopic (exact) mass is 1490 g/mol. The average Bonchev–Trinajstić information content (AvgIpc) is 0.923. The Morgan fingerprint density at radius 1 is 0.284 bits per heavy atom. The zero-order valence-corrected chi connectivity index (χ0v) is 68.9. The van der Waals surface area contributed by atoms with Crippen molar-refractivity contribution < 1.29 is 80.2 Å². The van der Waals surface area contributed by atoms with Crippen LogP contribution in [0.15, 0.2) is 0 Å². The number of rotatable bonds is 81. The predicted molar refractivity (Wildman–Crippen MR) is 418 cm³/mol. The molecule has 6 atom stereocenters. The molecule has 0 aromatic rings. The number of aliphatic hydroxyl groups excluding tert-OH is 1. The van der Waals surface area contributed by atoms with E-state index in [0.29, 0.717) is 31.6 Å². The van der Waals surface area contributed by atoms with Gasteiger partial charge in [0.1, 0.15) is 19.3 Å². The van der Waals surface area contributed by atoms with Crippen LogP contribution in [0.2, 0.25) is 0 Å². The third-order valence-corrected chi connectivity index (χ3v) is 21.6. The molecule has 0 aromatic heterocycles. The van der Waals surface area contributed by atoms with Crippen molar-refractivity contribution in [3.05, 3.63) is 0 Å². The van der Waals surface area contributed by atoms with E-state index in [9.17, 15) is 43.2 Å². The second kappa shape index (κ2) is 73.2. The lowest BCUT2D eigenvalue weighted by atomic mass is 9.99. The third-order valence-electron chi connectivity index (χ3n) is 19.7. The standard InChI is InChI=1S/C83H162O17P2/c1-8-10-11-12-13-14-15-16-17-18-19-20-21-22-23-24-29-32-37-44-52-59-66-82(87)99-78(70-93-80(85)64-57-50-43-36-31-28-26-25-27-30-35-42-49-56-63-76(7)9-2)72-97-101(89,90)95-68-77(84)69-96-102(91,92)98-73-79(71-94-81(86)65-58-51-46-39-41-48-55-62-75(5)6)100-83(88)67-60-53-45-38-33-34-40-47-54-61-74(3)4/h74-79,84H,8-73H2,1-7H3,(H,89,90)(H,91,92)/t76?,77-,78-,79-/m1/s1. The maximum Gasteiger partial charge on any atom is 0.472 e. The van der Waals surface area contributed by atoms with E-state index >= 15 is 0 Å². The van der Waals surface area contributed by atoms with Gasteiger partial charge in [-0.3, -0.25) is 37.3 Å². The van der Waals surface area contributed by atoms with E-state index in [1.54, 1.807) is 0 Å². The highest BCUT2D eigenvalue weighted by Gasteiger charge is 2.30. The summed E-state index contributed by atoms with van der Waals surface area (Å²) >= 11 is 0. The lowest BCUT2D eigenvalue weighted by Crippen LogP contribution is -2.30. The van der Waals surface area contributed by atoms with Crippen LogP contribution in [0.1, 0.15) is 434 Å². The first-order valence-corrected chi connectivity index (χ1v) is 45.9. The Hall–Kier alpha value is -1.94. The fraction of sp³-hybridized carbons (Fsp3) is 0.952. The van der Waals surface area contributed by atoms with Crippen LogP contribution < -0.4 is 0 Å². The van der Waals surface area contributed by atoms with Crippen LogP contribution in [-0.4, -0.2) is 96.7 Å². The number of phosphoric ester groups is 2. The molecule has 0 aliphatic carbocycles. The fourth-order valence-electron chi connectivity index (χ4n) is 12.8. The van der Waals surface area contributed by atoms with E-state index < -0.39 is 97.5 Å². The van der Waals surface area contributed by atoms with Crippen LogP contribution in [0, 0.1) is 17.8 Å². The zero-order chi connectivity index (χ0) is 75.1.